The first-order valence-electron chi connectivity index (χ1n) is 6.63. The molecule has 0 bridgehead atoms. The standard InChI is InChI=1S/C13H24N4O/c1-10(2)17-9-15-7-11(17)13-12(8-14-3)18-6-5-16(13)4/h7,9-10,12-14H,5-6,8H2,1-4H3. The summed E-state index contributed by atoms with van der Waals surface area (Å²) >= 11 is 0. The van der Waals surface area contributed by atoms with E-state index < -0.39 is 0 Å². The van der Waals surface area contributed by atoms with Crippen LogP contribution >= 0.6 is 0 Å². The molecule has 5 heteroatoms. The van der Waals surface area contributed by atoms with Gasteiger partial charge in [-0.1, -0.05) is 0 Å². The molecule has 2 atom stereocenters. The fraction of sp³-hybridized carbons (Fsp3) is 0.769. The third-order valence-electron chi connectivity index (χ3n) is 3.56. The number of imidazole rings is 1. The Morgan fingerprint density at radius 3 is 3.00 bits per heavy atom. The van der Waals surface area contributed by atoms with Gasteiger partial charge in [0.1, 0.15) is 0 Å². The van der Waals surface area contributed by atoms with E-state index in [9.17, 15) is 0 Å². The Kier molecular flexibility index (Phi) is 4.37. The zero-order valence-corrected chi connectivity index (χ0v) is 11.8. The van der Waals surface area contributed by atoms with Gasteiger partial charge in [-0.15, -0.1) is 0 Å². The maximum atomic E-state index is 5.91. The first kappa shape index (κ1) is 13.5. The predicted octanol–water partition coefficient (Wildman–Crippen LogP) is 1.06. The van der Waals surface area contributed by atoms with Crippen molar-refractivity contribution in [2.45, 2.75) is 32.0 Å². The zero-order valence-electron chi connectivity index (χ0n) is 11.8. The van der Waals surface area contributed by atoms with Crippen molar-refractivity contribution < 1.29 is 4.74 Å². The van der Waals surface area contributed by atoms with Gasteiger partial charge >= 0.3 is 0 Å². The number of nitrogens with zero attached hydrogens (tertiary/aromatic N) is 3. The number of nitrogens with one attached hydrogen (secondary N) is 1. The second-order valence-corrected chi connectivity index (χ2v) is 5.21. The summed E-state index contributed by atoms with van der Waals surface area (Å²) in [7, 11) is 4.13. The van der Waals surface area contributed by atoms with Crippen LogP contribution in [0.25, 0.3) is 0 Å². The highest BCUT2D eigenvalue weighted by atomic mass is 16.5. The van der Waals surface area contributed by atoms with Crippen LogP contribution in [-0.2, 0) is 4.74 Å². The van der Waals surface area contributed by atoms with Crippen LogP contribution in [0, 0.1) is 0 Å². The van der Waals surface area contributed by atoms with E-state index in [1.807, 2.05) is 19.6 Å². The quantitative estimate of drug-likeness (QED) is 0.870. The molecule has 102 valence electrons. The lowest BCUT2D eigenvalue weighted by Crippen LogP contribution is -2.47. The fourth-order valence-electron chi connectivity index (χ4n) is 2.63. The van der Waals surface area contributed by atoms with E-state index >= 15 is 0 Å². The second kappa shape index (κ2) is 5.82. The highest BCUT2D eigenvalue weighted by Gasteiger charge is 2.33. The van der Waals surface area contributed by atoms with Gasteiger partial charge in [-0.3, -0.25) is 4.90 Å². The van der Waals surface area contributed by atoms with E-state index in [4.69, 9.17) is 4.74 Å². The Hall–Kier alpha value is -0.910. The Balaban J connectivity index is 2.28. The maximum absolute atomic E-state index is 5.91. The average molecular weight is 252 g/mol. The highest BCUT2D eigenvalue weighted by Crippen LogP contribution is 2.29. The summed E-state index contributed by atoms with van der Waals surface area (Å²) in [6.07, 6.45) is 4.07. The monoisotopic (exact) mass is 252 g/mol. The number of ether oxygens (including phenoxy) is 1. The molecule has 1 aromatic heterocycles. The minimum Gasteiger partial charge on any atom is -0.374 e. The van der Waals surface area contributed by atoms with Gasteiger partial charge in [-0.25, -0.2) is 4.98 Å². The second-order valence-electron chi connectivity index (χ2n) is 5.21. The number of likely N-dealkylation sites (N-methyl/N-ethyl adjacent to an activating group) is 2. The Labute approximate surface area is 109 Å². The maximum Gasteiger partial charge on any atom is 0.0951 e. The molecule has 0 aromatic carbocycles. The van der Waals surface area contributed by atoms with Crippen molar-refractivity contribution in [3.05, 3.63) is 18.2 Å². The molecule has 0 amide bonds. The molecule has 1 aromatic rings. The molecule has 0 radical (unpaired) electrons. The van der Waals surface area contributed by atoms with E-state index in [1.165, 1.54) is 5.69 Å². The molecular weight excluding hydrogens is 228 g/mol. The van der Waals surface area contributed by atoms with Gasteiger partial charge in [-0.05, 0) is 27.9 Å². The van der Waals surface area contributed by atoms with Crippen LogP contribution in [0.2, 0.25) is 0 Å². The van der Waals surface area contributed by atoms with Crippen molar-refractivity contribution in [2.24, 2.45) is 0 Å². The molecule has 1 saturated heterocycles. The minimum absolute atomic E-state index is 0.183. The first-order valence-corrected chi connectivity index (χ1v) is 6.63. The number of hydrogen-bond acceptors (Lipinski definition) is 4. The van der Waals surface area contributed by atoms with Crippen LogP contribution < -0.4 is 5.32 Å². The summed E-state index contributed by atoms with van der Waals surface area (Å²) < 4.78 is 8.15. The van der Waals surface area contributed by atoms with Gasteiger partial charge in [0, 0.05) is 25.3 Å². The molecule has 1 aliphatic heterocycles. The van der Waals surface area contributed by atoms with Crippen molar-refractivity contribution in [3.8, 4) is 0 Å². The van der Waals surface area contributed by atoms with Crippen molar-refractivity contribution in [1.82, 2.24) is 19.8 Å². The van der Waals surface area contributed by atoms with Gasteiger partial charge in [0.05, 0.1) is 30.8 Å². The van der Waals surface area contributed by atoms with Crippen LogP contribution in [0.15, 0.2) is 12.5 Å². The highest BCUT2D eigenvalue weighted by molar-refractivity contribution is 5.10. The third kappa shape index (κ3) is 2.58. The summed E-state index contributed by atoms with van der Waals surface area (Å²) in [5.41, 5.74) is 1.24. The lowest BCUT2D eigenvalue weighted by Gasteiger charge is -2.39. The van der Waals surface area contributed by atoms with Crippen molar-refractivity contribution >= 4 is 0 Å². The Morgan fingerprint density at radius 2 is 2.33 bits per heavy atom. The van der Waals surface area contributed by atoms with Crippen LogP contribution in [0.5, 0.6) is 0 Å². The first-order chi connectivity index (χ1) is 8.65. The molecule has 2 unspecified atom stereocenters. The lowest BCUT2D eigenvalue weighted by atomic mass is 10.0. The predicted molar refractivity (Wildman–Crippen MR) is 71.6 cm³/mol. The number of morpholine rings is 1. The van der Waals surface area contributed by atoms with Gasteiger partial charge in [0.25, 0.3) is 0 Å². The summed E-state index contributed by atoms with van der Waals surface area (Å²) in [4.78, 5) is 6.67. The molecular formula is C13H24N4O. The van der Waals surface area contributed by atoms with Crippen LogP contribution in [-0.4, -0.2) is 54.3 Å². The largest absolute Gasteiger partial charge is 0.374 e. The fourth-order valence-corrected chi connectivity index (χ4v) is 2.63. The van der Waals surface area contributed by atoms with Crippen molar-refractivity contribution in [2.75, 3.05) is 33.8 Å². The molecule has 0 saturated carbocycles. The summed E-state index contributed by atoms with van der Waals surface area (Å²) in [6.45, 7) is 6.99. The molecule has 0 aliphatic carbocycles. The summed E-state index contributed by atoms with van der Waals surface area (Å²) in [5.74, 6) is 0. The molecule has 18 heavy (non-hydrogen) atoms. The number of aromatic nitrogens is 2. The zero-order chi connectivity index (χ0) is 13.1. The van der Waals surface area contributed by atoms with E-state index in [0.29, 0.717) is 6.04 Å². The molecule has 2 heterocycles. The van der Waals surface area contributed by atoms with Crippen LogP contribution in [0.4, 0.5) is 0 Å². The minimum atomic E-state index is 0.183. The van der Waals surface area contributed by atoms with Crippen molar-refractivity contribution in [1.29, 1.82) is 0 Å². The average Bonchev–Trinajstić information content (AvgIpc) is 2.78. The normalized spacial score (nSPS) is 25.8. The van der Waals surface area contributed by atoms with Gasteiger partial charge < -0.3 is 14.6 Å². The van der Waals surface area contributed by atoms with Gasteiger partial charge in [-0.2, -0.15) is 0 Å². The van der Waals surface area contributed by atoms with E-state index in [0.717, 1.165) is 19.7 Å². The lowest BCUT2D eigenvalue weighted by molar-refractivity contribution is -0.0632. The van der Waals surface area contributed by atoms with E-state index in [-0.39, 0.29) is 12.1 Å². The van der Waals surface area contributed by atoms with Crippen LogP contribution in [0.3, 0.4) is 0 Å². The number of rotatable bonds is 4. The van der Waals surface area contributed by atoms with Gasteiger partial charge in [0.2, 0.25) is 0 Å². The topological polar surface area (TPSA) is 42.3 Å². The Morgan fingerprint density at radius 1 is 1.56 bits per heavy atom. The SMILES string of the molecule is CNCC1OCCN(C)C1c1cncn1C(C)C. The van der Waals surface area contributed by atoms with Crippen molar-refractivity contribution in [3.63, 3.8) is 0 Å². The molecule has 1 aliphatic rings. The molecule has 1 fully saturated rings. The third-order valence-corrected chi connectivity index (χ3v) is 3.56. The summed E-state index contributed by atoms with van der Waals surface area (Å²) in [6, 6.07) is 0.698. The van der Waals surface area contributed by atoms with Gasteiger partial charge in [0.15, 0.2) is 0 Å². The number of hydrogen-bond donors (Lipinski definition) is 1. The molecule has 0 spiro atoms. The molecule has 5 nitrogen and oxygen atoms in total. The smallest absolute Gasteiger partial charge is 0.0951 e. The van der Waals surface area contributed by atoms with E-state index in [2.05, 4.69) is 40.7 Å². The Bertz CT molecular complexity index is 375. The van der Waals surface area contributed by atoms with Crippen LogP contribution in [0.1, 0.15) is 31.6 Å². The summed E-state index contributed by atoms with van der Waals surface area (Å²) in [5, 5.41) is 3.22. The molecule has 1 N–H and O–H groups in total. The van der Waals surface area contributed by atoms with E-state index in [1.54, 1.807) is 0 Å². The molecule has 2 rings (SSSR count).